The first-order chi connectivity index (χ1) is 4.85. The van der Waals surface area contributed by atoms with Crippen molar-refractivity contribution in [1.29, 1.82) is 0 Å². The maximum Gasteiger partial charge on any atom is 0.0974 e. The molecule has 2 N–H and O–H groups in total. The molecule has 4 heteroatoms. The second-order valence-corrected chi connectivity index (χ2v) is 3.27. The lowest BCUT2D eigenvalue weighted by Crippen LogP contribution is -2.28. The van der Waals surface area contributed by atoms with Crippen LogP contribution >= 0.6 is 11.8 Å². The van der Waals surface area contributed by atoms with Crippen molar-refractivity contribution in [3.05, 3.63) is 0 Å². The number of hydrogen-bond donors (Lipinski definition) is 2. The molecule has 0 aliphatic heterocycles. The molecule has 0 unspecified atom stereocenters. The fourth-order valence-electron chi connectivity index (χ4n) is 0.524. The zero-order chi connectivity index (χ0) is 7.82. The number of aliphatic hydroxyl groups excluding tert-OH is 2. The Bertz CT molecular complexity index is 68.8. The minimum atomic E-state index is -0.0548. The molecule has 0 aliphatic carbocycles. The third kappa shape index (κ3) is 5.05. The van der Waals surface area contributed by atoms with Gasteiger partial charge in [-0.15, -0.1) is 0 Å². The molecule has 0 rings (SSSR count). The van der Waals surface area contributed by atoms with E-state index in [4.69, 9.17) is 10.2 Å². The summed E-state index contributed by atoms with van der Waals surface area (Å²) < 4.78 is 0. The molecule has 0 aromatic heterocycles. The van der Waals surface area contributed by atoms with E-state index >= 15 is 0 Å². The number of thioether (sulfide) groups is 1. The van der Waals surface area contributed by atoms with Crippen LogP contribution in [0.1, 0.15) is 6.92 Å². The first-order valence-electron chi connectivity index (χ1n) is 3.37. The van der Waals surface area contributed by atoms with Gasteiger partial charge in [-0.25, -0.2) is 0 Å². The zero-order valence-electron chi connectivity index (χ0n) is 6.29. The molecule has 3 nitrogen and oxygen atoms in total. The molecule has 10 heavy (non-hydrogen) atoms. The average Bonchev–Trinajstić information content (AvgIpc) is 1.99. The molecular weight excluding hydrogens is 150 g/mol. The van der Waals surface area contributed by atoms with E-state index in [1.54, 1.807) is 16.7 Å². The highest BCUT2D eigenvalue weighted by molar-refractivity contribution is 7.99. The van der Waals surface area contributed by atoms with Crippen LogP contribution in [0, 0.1) is 0 Å². The Morgan fingerprint density at radius 2 is 1.90 bits per heavy atom. The van der Waals surface area contributed by atoms with Gasteiger partial charge in [-0.1, -0.05) is 6.92 Å². The molecule has 0 saturated carbocycles. The van der Waals surface area contributed by atoms with Crippen molar-refractivity contribution < 1.29 is 10.2 Å². The summed E-state index contributed by atoms with van der Waals surface area (Å²) in [6.07, 6.45) is 0. The lowest BCUT2D eigenvalue weighted by molar-refractivity contribution is 0.0348. The van der Waals surface area contributed by atoms with Gasteiger partial charge >= 0.3 is 0 Å². The molecule has 0 aromatic carbocycles. The third-order valence-electron chi connectivity index (χ3n) is 1.16. The highest BCUT2D eigenvalue weighted by Gasteiger charge is 1.98. The van der Waals surface area contributed by atoms with Crippen molar-refractivity contribution in [3.8, 4) is 0 Å². The first-order valence-corrected chi connectivity index (χ1v) is 4.52. The average molecular weight is 165 g/mol. The van der Waals surface area contributed by atoms with Gasteiger partial charge in [-0.2, -0.15) is 11.8 Å². The van der Waals surface area contributed by atoms with Crippen molar-refractivity contribution in [2.24, 2.45) is 0 Å². The van der Waals surface area contributed by atoms with Gasteiger partial charge in [0.25, 0.3) is 0 Å². The summed E-state index contributed by atoms with van der Waals surface area (Å²) in [7, 11) is 0. The molecule has 0 fully saturated rings. The normalized spacial score (nSPS) is 10.8. The second-order valence-electron chi connectivity index (χ2n) is 1.87. The predicted octanol–water partition coefficient (Wildman–Crippen LogP) is -0.0589. The number of aliphatic hydroxyl groups is 2. The Morgan fingerprint density at radius 1 is 1.30 bits per heavy atom. The monoisotopic (exact) mass is 165 g/mol. The van der Waals surface area contributed by atoms with Crippen molar-refractivity contribution in [2.75, 3.05) is 31.5 Å². The molecule has 0 aliphatic rings. The van der Waals surface area contributed by atoms with E-state index in [1.807, 2.05) is 0 Å². The Balaban J connectivity index is 3.09. The van der Waals surface area contributed by atoms with E-state index < -0.39 is 0 Å². The Morgan fingerprint density at radius 3 is 2.30 bits per heavy atom. The van der Waals surface area contributed by atoms with Crippen LogP contribution in [0.3, 0.4) is 0 Å². The maximum atomic E-state index is 8.58. The SMILES string of the molecule is CCSCCN(CO)CO. The molecule has 0 bridgehead atoms. The quantitative estimate of drug-likeness (QED) is 0.427. The summed E-state index contributed by atoms with van der Waals surface area (Å²) in [5, 5.41) is 17.2. The molecule has 0 amide bonds. The van der Waals surface area contributed by atoms with Crippen LogP contribution in [0.5, 0.6) is 0 Å². The van der Waals surface area contributed by atoms with Crippen LogP contribution in [-0.4, -0.2) is 46.6 Å². The zero-order valence-corrected chi connectivity index (χ0v) is 7.10. The van der Waals surface area contributed by atoms with Crippen LogP contribution in [0.2, 0.25) is 0 Å². The fourth-order valence-corrected chi connectivity index (χ4v) is 1.20. The molecule has 0 aromatic rings. The van der Waals surface area contributed by atoms with Crippen LogP contribution in [0.4, 0.5) is 0 Å². The summed E-state index contributed by atoms with van der Waals surface area (Å²) in [6.45, 7) is 2.74. The topological polar surface area (TPSA) is 43.7 Å². The summed E-state index contributed by atoms with van der Waals surface area (Å²) in [5.41, 5.74) is 0. The van der Waals surface area contributed by atoms with Gasteiger partial charge in [-0.3, -0.25) is 4.90 Å². The Kier molecular flexibility index (Phi) is 7.51. The summed E-state index contributed by atoms with van der Waals surface area (Å²) in [6, 6.07) is 0. The largest absolute Gasteiger partial charge is 0.381 e. The molecular formula is C6H15NO2S. The van der Waals surface area contributed by atoms with Crippen molar-refractivity contribution in [2.45, 2.75) is 6.92 Å². The standard InChI is InChI=1S/C6H15NO2S/c1-2-10-4-3-7(5-8)6-9/h8-9H,2-6H2,1H3. The van der Waals surface area contributed by atoms with E-state index in [-0.39, 0.29) is 13.5 Å². The van der Waals surface area contributed by atoms with Gasteiger partial charge in [0.05, 0.1) is 13.5 Å². The smallest absolute Gasteiger partial charge is 0.0974 e. The molecule has 62 valence electrons. The van der Waals surface area contributed by atoms with Crippen LogP contribution in [0.15, 0.2) is 0 Å². The highest BCUT2D eigenvalue weighted by Crippen LogP contribution is 1.98. The predicted molar refractivity (Wildman–Crippen MR) is 43.9 cm³/mol. The summed E-state index contributed by atoms with van der Waals surface area (Å²) in [5.74, 6) is 2.06. The second kappa shape index (κ2) is 7.34. The number of nitrogens with zero attached hydrogens (tertiary/aromatic N) is 1. The molecule has 0 spiro atoms. The summed E-state index contributed by atoms with van der Waals surface area (Å²) >= 11 is 1.80. The van der Waals surface area contributed by atoms with Crippen LogP contribution < -0.4 is 0 Å². The van der Waals surface area contributed by atoms with E-state index in [0.29, 0.717) is 0 Å². The maximum absolute atomic E-state index is 8.58. The van der Waals surface area contributed by atoms with Gasteiger partial charge in [0.15, 0.2) is 0 Å². The van der Waals surface area contributed by atoms with E-state index in [9.17, 15) is 0 Å². The van der Waals surface area contributed by atoms with Crippen molar-refractivity contribution in [3.63, 3.8) is 0 Å². The fraction of sp³-hybridized carbons (Fsp3) is 1.00. The molecule has 0 atom stereocenters. The number of hydrogen-bond acceptors (Lipinski definition) is 4. The van der Waals surface area contributed by atoms with Crippen LogP contribution in [0.25, 0.3) is 0 Å². The van der Waals surface area contributed by atoms with E-state index in [1.165, 1.54) is 0 Å². The molecule has 0 saturated heterocycles. The van der Waals surface area contributed by atoms with Gasteiger partial charge in [0.1, 0.15) is 0 Å². The first kappa shape index (κ1) is 10.2. The summed E-state index contributed by atoms with van der Waals surface area (Å²) in [4.78, 5) is 1.57. The molecule has 0 heterocycles. The third-order valence-corrected chi connectivity index (χ3v) is 2.04. The van der Waals surface area contributed by atoms with Crippen LogP contribution in [-0.2, 0) is 0 Å². The van der Waals surface area contributed by atoms with Crippen molar-refractivity contribution in [1.82, 2.24) is 4.90 Å². The minimum absolute atomic E-state index is 0.0548. The lowest BCUT2D eigenvalue weighted by atomic mass is 10.6. The lowest BCUT2D eigenvalue weighted by Gasteiger charge is -2.14. The van der Waals surface area contributed by atoms with Crippen molar-refractivity contribution >= 4 is 11.8 Å². The number of rotatable bonds is 6. The van der Waals surface area contributed by atoms with Gasteiger partial charge in [0.2, 0.25) is 0 Å². The van der Waals surface area contributed by atoms with Gasteiger partial charge < -0.3 is 10.2 Å². The molecule has 0 radical (unpaired) electrons. The van der Waals surface area contributed by atoms with Gasteiger partial charge in [0, 0.05) is 12.3 Å². The van der Waals surface area contributed by atoms with Gasteiger partial charge in [-0.05, 0) is 5.75 Å². The minimum Gasteiger partial charge on any atom is -0.381 e. The van der Waals surface area contributed by atoms with E-state index in [0.717, 1.165) is 18.1 Å². The van der Waals surface area contributed by atoms with E-state index in [2.05, 4.69) is 6.92 Å². The Hall–Kier alpha value is 0.230. The highest BCUT2D eigenvalue weighted by atomic mass is 32.2. The Labute approximate surface area is 66.0 Å².